The number of ether oxygens (including phenoxy) is 1. The second-order valence-corrected chi connectivity index (χ2v) is 6.07. The molecule has 4 rings (SSSR count). The number of rotatable bonds is 4. The van der Waals surface area contributed by atoms with E-state index in [-0.39, 0.29) is 0 Å². The Hall–Kier alpha value is -4.17. The Labute approximate surface area is 162 Å². The first-order valence-corrected chi connectivity index (χ1v) is 8.67. The van der Waals surface area contributed by atoms with E-state index in [4.69, 9.17) is 10.00 Å². The van der Waals surface area contributed by atoms with Crippen LogP contribution in [-0.4, -0.2) is 15.7 Å². The highest BCUT2D eigenvalue weighted by Crippen LogP contribution is 2.25. The first-order valence-electron chi connectivity index (χ1n) is 8.67. The number of benzene rings is 3. The van der Waals surface area contributed by atoms with Crippen LogP contribution in [-0.2, 0) is 0 Å². The quantitative estimate of drug-likeness (QED) is 0.391. The van der Waals surface area contributed by atoms with Crippen molar-refractivity contribution >= 4 is 5.97 Å². The van der Waals surface area contributed by atoms with Crippen LogP contribution in [0.4, 0.5) is 0 Å². The standard InChI is InChI=1S/C23H15N3O2/c24-15-17-8-7-13-20(14-17)28-23(27)21-16-26(19-11-5-2-6-12-19)25-22(21)18-9-3-1-4-10-18/h1-14,16H. The Morgan fingerprint density at radius 3 is 2.36 bits per heavy atom. The number of nitriles is 1. The number of carbonyl (C=O) groups excluding carboxylic acids is 1. The molecule has 4 aromatic rings. The molecular formula is C23H15N3O2. The summed E-state index contributed by atoms with van der Waals surface area (Å²) < 4.78 is 7.17. The van der Waals surface area contributed by atoms with Crippen molar-refractivity contribution in [1.29, 1.82) is 5.26 Å². The highest BCUT2D eigenvalue weighted by atomic mass is 16.5. The molecule has 0 N–H and O–H groups in total. The first-order chi connectivity index (χ1) is 13.7. The molecule has 5 heteroatoms. The van der Waals surface area contributed by atoms with Crippen LogP contribution in [0.15, 0.2) is 91.1 Å². The fourth-order valence-corrected chi connectivity index (χ4v) is 2.84. The van der Waals surface area contributed by atoms with Gasteiger partial charge in [0.1, 0.15) is 17.0 Å². The summed E-state index contributed by atoms with van der Waals surface area (Å²) in [7, 11) is 0. The molecule has 0 aliphatic heterocycles. The summed E-state index contributed by atoms with van der Waals surface area (Å²) >= 11 is 0. The molecule has 134 valence electrons. The molecule has 3 aromatic carbocycles. The summed E-state index contributed by atoms with van der Waals surface area (Å²) in [4.78, 5) is 12.9. The van der Waals surface area contributed by atoms with Gasteiger partial charge in [0.2, 0.25) is 0 Å². The highest BCUT2D eigenvalue weighted by molar-refractivity contribution is 5.97. The van der Waals surface area contributed by atoms with Gasteiger partial charge in [0.05, 0.1) is 17.3 Å². The SMILES string of the molecule is N#Cc1cccc(OC(=O)c2cn(-c3ccccc3)nc2-c2ccccc2)c1. The van der Waals surface area contributed by atoms with Gasteiger partial charge in [0.15, 0.2) is 0 Å². The van der Waals surface area contributed by atoms with Crippen molar-refractivity contribution in [2.75, 3.05) is 0 Å². The van der Waals surface area contributed by atoms with Gasteiger partial charge < -0.3 is 4.74 Å². The van der Waals surface area contributed by atoms with Gasteiger partial charge in [-0.1, -0.05) is 54.6 Å². The smallest absolute Gasteiger partial charge is 0.347 e. The molecule has 0 radical (unpaired) electrons. The summed E-state index contributed by atoms with van der Waals surface area (Å²) in [5, 5.41) is 13.6. The van der Waals surface area contributed by atoms with Gasteiger partial charge in [-0.25, -0.2) is 9.48 Å². The van der Waals surface area contributed by atoms with E-state index in [9.17, 15) is 4.79 Å². The molecule has 0 spiro atoms. The Balaban J connectivity index is 1.75. The van der Waals surface area contributed by atoms with Crippen molar-refractivity contribution in [3.63, 3.8) is 0 Å². The second-order valence-electron chi connectivity index (χ2n) is 6.07. The fourth-order valence-electron chi connectivity index (χ4n) is 2.84. The van der Waals surface area contributed by atoms with E-state index in [0.717, 1.165) is 11.3 Å². The van der Waals surface area contributed by atoms with Crippen molar-refractivity contribution in [3.8, 4) is 28.8 Å². The number of para-hydroxylation sites is 1. The van der Waals surface area contributed by atoms with E-state index in [2.05, 4.69) is 5.10 Å². The Morgan fingerprint density at radius 2 is 1.64 bits per heavy atom. The molecule has 0 bridgehead atoms. The first kappa shape index (κ1) is 17.3. The summed E-state index contributed by atoms with van der Waals surface area (Å²) in [6.07, 6.45) is 1.66. The zero-order valence-corrected chi connectivity index (χ0v) is 14.8. The minimum atomic E-state index is -0.531. The second kappa shape index (κ2) is 7.60. The van der Waals surface area contributed by atoms with Crippen LogP contribution in [0.5, 0.6) is 5.75 Å². The normalized spacial score (nSPS) is 10.2. The number of carbonyl (C=O) groups is 1. The van der Waals surface area contributed by atoms with Crippen molar-refractivity contribution < 1.29 is 9.53 Å². The van der Waals surface area contributed by atoms with Crippen molar-refractivity contribution in [2.45, 2.75) is 0 Å². The maximum absolute atomic E-state index is 12.9. The van der Waals surface area contributed by atoms with Crippen LogP contribution in [0.25, 0.3) is 16.9 Å². The molecule has 0 saturated carbocycles. The highest BCUT2D eigenvalue weighted by Gasteiger charge is 2.20. The lowest BCUT2D eigenvalue weighted by atomic mass is 10.1. The lowest BCUT2D eigenvalue weighted by Gasteiger charge is -2.04. The fraction of sp³-hybridized carbons (Fsp3) is 0. The van der Waals surface area contributed by atoms with Crippen LogP contribution in [0, 0.1) is 11.3 Å². The lowest BCUT2D eigenvalue weighted by Crippen LogP contribution is -2.09. The van der Waals surface area contributed by atoms with Gasteiger partial charge >= 0.3 is 5.97 Å². The number of esters is 1. The molecule has 28 heavy (non-hydrogen) atoms. The van der Waals surface area contributed by atoms with Crippen LogP contribution < -0.4 is 4.74 Å². The van der Waals surface area contributed by atoms with Crippen molar-refractivity contribution in [1.82, 2.24) is 9.78 Å². The van der Waals surface area contributed by atoms with E-state index >= 15 is 0 Å². The summed E-state index contributed by atoms with van der Waals surface area (Å²) in [6, 6.07) is 27.6. The summed E-state index contributed by atoms with van der Waals surface area (Å²) in [5.41, 5.74) is 2.96. The summed E-state index contributed by atoms with van der Waals surface area (Å²) in [5.74, 6) is -0.216. The number of nitrogens with zero attached hydrogens (tertiary/aromatic N) is 3. The van der Waals surface area contributed by atoms with Crippen LogP contribution in [0.1, 0.15) is 15.9 Å². The van der Waals surface area contributed by atoms with Gasteiger partial charge in [-0.2, -0.15) is 10.4 Å². The van der Waals surface area contributed by atoms with E-state index in [1.807, 2.05) is 66.7 Å². The topological polar surface area (TPSA) is 67.9 Å². The predicted molar refractivity (Wildman–Crippen MR) is 105 cm³/mol. The third kappa shape index (κ3) is 3.53. The Kier molecular flexibility index (Phi) is 4.68. The molecular weight excluding hydrogens is 350 g/mol. The number of hydrogen-bond donors (Lipinski definition) is 0. The maximum Gasteiger partial charge on any atom is 0.347 e. The van der Waals surface area contributed by atoms with Crippen molar-refractivity contribution in [2.24, 2.45) is 0 Å². The van der Waals surface area contributed by atoms with Crippen molar-refractivity contribution in [3.05, 3.63) is 102 Å². The predicted octanol–water partition coefficient (Wildman–Crippen LogP) is 4.63. The molecule has 1 heterocycles. The van der Waals surface area contributed by atoms with E-state index < -0.39 is 5.97 Å². The van der Waals surface area contributed by atoms with Gasteiger partial charge in [-0.05, 0) is 30.3 Å². The van der Waals surface area contributed by atoms with Gasteiger partial charge in [-0.3, -0.25) is 0 Å². The molecule has 5 nitrogen and oxygen atoms in total. The molecule has 0 atom stereocenters. The van der Waals surface area contributed by atoms with Gasteiger partial charge in [0, 0.05) is 11.8 Å². The third-order valence-corrected chi connectivity index (χ3v) is 4.18. The van der Waals surface area contributed by atoms with Gasteiger partial charge in [0.25, 0.3) is 0 Å². The molecule has 0 aliphatic carbocycles. The minimum Gasteiger partial charge on any atom is -0.423 e. The third-order valence-electron chi connectivity index (χ3n) is 4.18. The van der Waals surface area contributed by atoms with E-state index in [0.29, 0.717) is 22.6 Å². The molecule has 0 amide bonds. The number of hydrogen-bond acceptors (Lipinski definition) is 4. The zero-order valence-electron chi connectivity index (χ0n) is 14.8. The Morgan fingerprint density at radius 1 is 0.929 bits per heavy atom. The summed E-state index contributed by atoms with van der Waals surface area (Å²) in [6.45, 7) is 0. The van der Waals surface area contributed by atoms with Gasteiger partial charge in [-0.15, -0.1) is 0 Å². The van der Waals surface area contributed by atoms with Crippen LogP contribution >= 0.6 is 0 Å². The molecule has 0 fully saturated rings. The average molecular weight is 365 g/mol. The Bertz CT molecular complexity index is 1160. The van der Waals surface area contributed by atoms with E-state index in [1.54, 1.807) is 29.1 Å². The van der Waals surface area contributed by atoms with Crippen LogP contribution in [0.3, 0.4) is 0 Å². The zero-order chi connectivity index (χ0) is 19.3. The number of aromatic nitrogens is 2. The molecule has 0 aliphatic rings. The van der Waals surface area contributed by atoms with E-state index in [1.165, 1.54) is 6.07 Å². The molecule has 0 unspecified atom stereocenters. The molecule has 0 saturated heterocycles. The monoisotopic (exact) mass is 365 g/mol. The molecule has 1 aromatic heterocycles. The maximum atomic E-state index is 12.9. The lowest BCUT2D eigenvalue weighted by molar-refractivity contribution is 0.0735. The largest absolute Gasteiger partial charge is 0.423 e. The minimum absolute atomic E-state index is 0.315. The average Bonchev–Trinajstić information content (AvgIpc) is 3.21. The van der Waals surface area contributed by atoms with Crippen LogP contribution in [0.2, 0.25) is 0 Å².